The summed E-state index contributed by atoms with van der Waals surface area (Å²) in [6.45, 7) is 13.1. The van der Waals surface area contributed by atoms with Crippen molar-refractivity contribution in [2.24, 2.45) is 5.92 Å². The Balaban J connectivity index is 1.25. The molecule has 3 aliphatic heterocycles. The second-order valence-corrected chi connectivity index (χ2v) is 14.6. The standard InChI is InChI=1S/C32H39BN2O5S/c1-23-10-9-13-28(16-23)41(36,37)35-22-27(17-25-20-34(21-25)19-24-11-7-6-8-12-24)38-30-15-14-26(18-29(30)35)33-39-31(2,3)32(4,5)40-33/h6-16,18,25,27H,17,19-22H2,1-5H3/t27-/m0/s1. The Morgan fingerprint density at radius 1 is 0.878 bits per heavy atom. The molecule has 3 aromatic rings. The number of likely N-dealkylation sites (tertiary alicyclic amines) is 1. The molecule has 3 heterocycles. The fourth-order valence-corrected chi connectivity index (χ4v) is 7.48. The molecular formula is C32H39BN2O5S. The minimum absolute atomic E-state index is 0.242. The van der Waals surface area contributed by atoms with Gasteiger partial charge in [-0.05, 0) is 87.8 Å². The molecule has 0 saturated carbocycles. The van der Waals surface area contributed by atoms with Gasteiger partial charge >= 0.3 is 7.12 Å². The molecule has 0 N–H and O–H groups in total. The van der Waals surface area contributed by atoms with Gasteiger partial charge < -0.3 is 14.0 Å². The SMILES string of the molecule is Cc1cccc(S(=O)(=O)N2C[C@H](CC3CN(Cc4ccccc4)C3)Oc3ccc(B4OC(C)(C)C(C)(C)O4)cc32)c1. The number of nitrogens with zero attached hydrogens (tertiary/aromatic N) is 2. The number of hydrogen-bond donors (Lipinski definition) is 0. The lowest BCUT2D eigenvalue weighted by Gasteiger charge is -2.43. The molecule has 3 aliphatic rings. The third-order valence-corrected chi connectivity index (χ3v) is 10.7. The van der Waals surface area contributed by atoms with Crippen molar-refractivity contribution in [3.8, 4) is 5.75 Å². The van der Waals surface area contributed by atoms with Crippen molar-refractivity contribution in [2.75, 3.05) is 23.9 Å². The summed E-state index contributed by atoms with van der Waals surface area (Å²) >= 11 is 0. The monoisotopic (exact) mass is 574 g/mol. The highest BCUT2D eigenvalue weighted by molar-refractivity contribution is 7.92. The lowest BCUT2D eigenvalue weighted by molar-refractivity contribution is 0.00578. The maximum Gasteiger partial charge on any atom is 0.494 e. The van der Waals surface area contributed by atoms with Gasteiger partial charge in [-0.1, -0.05) is 48.5 Å². The largest absolute Gasteiger partial charge is 0.494 e. The molecular weight excluding hydrogens is 535 g/mol. The van der Waals surface area contributed by atoms with Crippen LogP contribution in [0.2, 0.25) is 0 Å². The molecule has 41 heavy (non-hydrogen) atoms. The van der Waals surface area contributed by atoms with Crippen LogP contribution >= 0.6 is 0 Å². The highest BCUT2D eigenvalue weighted by Gasteiger charge is 2.52. The molecule has 7 nitrogen and oxygen atoms in total. The summed E-state index contributed by atoms with van der Waals surface area (Å²) in [4.78, 5) is 2.71. The van der Waals surface area contributed by atoms with Crippen LogP contribution in [0.4, 0.5) is 5.69 Å². The maximum absolute atomic E-state index is 14.1. The van der Waals surface area contributed by atoms with E-state index in [1.54, 1.807) is 18.2 Å². The molecule has 0 unspecified atom stereocenters. The fourth-order valence-electron chi connectivity index (χ4n) is 5.88. The normalized spacial score (nSPS) is 22.2. The van der Waals surface area contributed by atoms with E-state index in [2.05, 4.69) is 29.2 Å². The van der Waals surface area contributed by atoms with E-state index in [0.29, 0.717) is 17.4 Å². The lowest BCUT2D eigenvalue weighted by Crippen LogP contribution is -2.51. The van der Waals surface area contributed by atoms with Crippen molar-refractivity contribution in [2.45, 2.75) is 69.8 Å². The molecule has 0 amide bonds. The van der Waals surface area contributed by atoms with Gasteiger partial charge in [-0.2, -0.15) is 0 Å². The summed E-state index contributed by atoms with van der Waals surface area (Å²) in [7, 11) is -4.43. The number of anilines is 1. The second-order valence-electron chi connectivity index (χ2n) is 12.7. The van der Waals surface area contributed by atoms with Gasteiger partial charge in [0, 0.05) is 19.6 Å². The number of sulfonamides is 1. The lowest BCUT2D eigenvalue weighted by atomic mass is 9.78. The van der Waals surface area contributed by atoms with Crippen molar-refractivity contribution >= 4 is 28.3 Å². The quantitative estimate of drug-likeness (QED) is 0.379. The van der Waals surface area contributed by atoms with Crippen molar-refractivity contribution < 1.29 is 22.5 Å². The molecule has 0 radical (unpaired) electrons. The Labute approximate surface area is 244 Å². The topological polar surface area (TPSA) is 68.3 Å². The summed E-state index contributed by atoms with van der Waals surface area (Å²) in [5, 5.41) is 0. The molecule has 0 bridgehead atoms. The Hall–Kier alpha value is -2.85. The highest BCUT2D eigenvalue weighted by Crippen LogP contribution is 2.40. The molecule has 6 rings (SSSR count). The molecule has 2 fully saturated rings. The summed E-state index contributed by atoms with van der Waals surface area (Å²) in [5.41, 5.74) is 2.50. The van der Waals surface area contributed by atoms with Gasteiger partial charge in [0.25, 0.3) is 10.0 Å². The van der Waals surface area contributed by atoms with E-state index in [9.17, 15) is 8.42 Å². The van der Waals surface area contributed by atoms with Gasteiger partial charge in [-0.3, -0.25) is 9.21 Å². The Bertz CT molecular complexity index is 1510. The molecule has 216 valence electrons. The minimum Gasteiger partial charge on any atom is -0.486 e. The first-order chi connectivity index (χ1) is 19.4. The van der Waals surface area contributed by atoms with Crippen molar-refractivity contribution in [1.82, 2.24) is 4.90 Å². The van der Waals surface area contributed by atoms with E-state index in [-0.39, 0.29) is 17.5 Å². The van der Waals surface area contributed by atoms with Crippen LogP contribution in [0.3, 0.4) is 0 Å². The third-order valence-electron chi connectivity index (χ3n) is 8.90. The van der Waals surface area contributed by atoms with Crippen LogP contribution in [0.1, 0.15) is 45.2 Å². The molecule has 0 spiro atoms. The summed E-state index contributed by atoms with van der Waals surface area (Å²) < 4.78 is 48.8. The molecule has 0 aliphatic carbocycles. The maximum atomic E-state index is 14.1. The summed E-state index contributed by atoms with van der Waals surface area (Å²) in [5.74, 6) is 1.02. The average Bonchev–Trinajstić information content (AvgIpc) is 3.13. The fraction of sp³-hybridized carbons (Fsp3) is 0.438. The highest BCUT2D eigenvalue weighted by atomic mass is 32.2. The Morgan fingerprint density at radius 3 is 2.27 bits per heavy atom. The minimum atomic E-state index is -3.83. The number of fused-ring (bicyclic) bond motifs is 1. The number of hydrogen-bond acceptors (Lipinski definition) is 6. The van der Waals surface area contributed by atoms with Crippen molar-refractivity contribution in [3.05, 3.63) is 83.9 Å². The summed E-state index contributed by atoms with van der Waals surface area (Å²) in [6.07, 6.45) is 0.553. The van der Waals surface area contributed by atoms with E-state index in [4.69, 9.17) is 14.0 Å². The molecule has 9 heteroatoms. The van der Waals surface area contributed by atoms with Gasteiger partial charge in [0.1, 0.15) is 11.9 Å². The number of ether oxygens (including phenoxy) is 1. The van der Waals surface area contributed by atoms with E-state index in [1.807, 2.05) is 65.0 Å². The first-order valence-corrected chi connectivity index (χ1v) is 15.9. The van der Waals surface area contributed by atoms with Gasteiger partial charge in [-0.25, -0.2) is 8.42 Å². The van der Waals surface area contributed by atoms with Crippen LogP contribution < -0.4 is 14.5 Å². The van der Waals surface area contributed by atoms with E-state index < -0.39 is 28.3 Å². The van der Waals surface area contributed by atoms with Crippen molar-refractivity contribution in [3.63, 3.8) is 0 Å². The van der Waals surface area contributed by atoms with Crippen LogP contribution in [0.15, 0.2) is 77.7 Å². The smallest absolute Gasteiger partial charge is 0.486 e. The predicted octanol–water partition coefficient (Wildman–Crippen LogP) is 4.77. The first-order valence-electron chi connectivity index (χ1n) is 14.4. The Morgan fingerprint density at radius 2 is 1.59 bits per heavy atom. The first kappa shape index (κ1) is 28.3. The predicted molar refractivity (Wildman–Crippen MR) is 162 cm³/mol. The zero-order chi connectivity index (χ0) is 29.0. The average molecular weight is 575 g/mol. The van der Waals surface area contributed by atoms with Crippen LogP contribution in [-0.4, -0.2) is 57.4 Å². The molecule has 1 atom stereocenters. The zero-order valence-corrected chi connectivity index (χ0v) is 25.4. The van der Waals surface area contributed by atoms with Crippen LogP contribution in [0.5, 0.6) is 5.75 Å². The number of aryl methyl sites for hydroxylation is 1. The molecule has 0 aromatic heterocycles. The van der Waals surface area contributed by atoms with E-state index in [1.165, 1.54) is 9.87 Å². The molecule has 3 aromatic carbocycles. The number of rotatable bonds is 7. The Kier molecular flexibility index (Phi) is 7.21. The van der Waals surface area contributed by atoms with E-state index in [0.717, 1.165) is 37.1 Å². The van der Waals surface area contributed by atoms with Crippen molar-refractivity contribution in [1.29, 1.82) is 0 Å². The summed E-state index contributed by atoms with van der Waals surface area (Å²) in [6, 6.07) is 23.2. The molecule has 2 saturated heterocycles. The van der Waals surface area contributed by atoms with Gasteiger partial charge in [0.2, 0.25) is 0 Å². The van der Waals surface area contributed by atoms with Gasteiger partial charge in [0.05, 0.1) is 28.3 Å². The van der Waals surface area contributed by atoms with Crippen LogP contribution in [0.25, 0.3) is 0 Å². The zero-order valence-electron chi connectivity index (χ0n) is 24.5. The van der Waals surface area contributed by atoms with Crippen LogP contribution in [-0.2, 0) is 25.9 Å². The number of benzene rings is 3. The van der Waals surface area contributed by atoms with E-state index >= 15 is 0 Å². The third kappa shape index (κ3) is 5.53. The second kappa shape index (κ2) is 10.5. The van der Waals surface area contributed by atoms with Crippen LogP contribution in [0, 0.1) is 12.8 Å². The van der Waals surface area contributed by atoms with Gasteiger partial charge in [0.15, 0.2) is 0 Å². The van der Waals surface area contributed by atoms with Gasteiger partial charge in [-0.15, -0.1) is 0 Å².